The third kappa shape index (κ3) is 5.13. The Morgan fingerprint density at radius 3 is 1.98 bits per heavy atom. The molecular formula is C32H34F2N4O2. The van der Waals surface area contributed by atoms with Gasteiger partial charge in [0.15, 0.2) is 0 Å². The molecule has 1 aliphatic heterocycles. The molecule has 0 atom stereocenters. The molecule has 1 fully saturated rings. The second-order valence-corrected chi connectivity index (χ2v) is 10.4. The number of aromatic nitrogens is 1. The number of nitrogens with one attached hydrogen (secondary N) is 1. The highest BCUT2D eigenvalue weighted by Gasteiger charge is 2.29. The molecule has 0 spiro atoms. The Kier molecular flexibility index (Phi) is 7.52. The summed E-state index contributed by atoms with van der Waals surface area (Å²) >= 11 is 0. The minimum absolute atomic E-state index is 0.0739. The number of benzene rings is 3. The average Bonchev–Trinajstić information content (AvgIpc) is 3.26. The van der Waals surface area contributed by atoms with Crippen LogP contribution in [0.2, 0.25) is 0 Å². The Morgan fingerprint density at radius 2 is 1.43 bits per heavy atom. The number of piperazine rings is 1. The lowest BCUT2D eigenvalue weighted by molar-refractivity contribution is 0.0696. The van der Waals surface area contributed by atoms with Gasteiger partial charge in [0.05, 0.1) is 11.3 Å². The summed E-state index contributed by atoms with van der Waals surface area (Å²) < 4.78 is 31.0. The predicted molar refractivity (Wildman–Crippen MR) is 158 cm³/mol. The average molecular weight is 545 g/mol. The van der Waals surface area contributed by atoms with E-state index in [4.69, 9.17) is 0 Å². The van der Waals surface area contributed by atoms with Gasteiger partial charge in [0.25, 0.3) is 0 Å². The Labute approximate surface area is 233 Å². The van der Waals surface area contributed by atoms with Crippen LogP contribution in [0.5, 0.6) is 0 Å². The maximum absolute atomic E-state index is 15.2. The quantitative estimate of drug-likeness (QED) is 0.261. The van der Waals surface area contributed by atoms with Crippen molar-refractivity contribution in [3.8, 4) is 22.4 Å². The van der Waals surface area contributed by atoms with E-state index in [1.54, 1.807) is 19.1 Å². The lowest BCUT2D eigenvalue weighted by Gasteiger charge is -2.37. The van der Waals surface area contributed by atoms with Crippen LogP contribution in [0.15, 0.2) is 66.7 Å². The minimum atomic E-state index is -1.08. The van der Waals surface area contributed by atoms with Crippen LogP contribution < -0.4 is 15.1 Å². The van der Waals surface area contributed by atoms with Gasteiger partial charge >= 0.3 is 5.97 Å². The van der Waals surface area contributed by atoms with E-state index in [2.05, 4.69) is 27.2 Å². The standard InChI is InChI=1S/C32H34F2N4O2/c1-20(2)38-21(3)29(32(39)40)30(31(38)22-5-7-24(33)8-6-22)23-17-25(34)19-28(18-23)37-15-13-36(14-16-37)27-11-9-26(35-4)10-12-27/h5-12,17-20,35H,13-16H2,1-4H3,(H,39,40). The van der Waals surface area contributed by atoms with E-state index in [1.807, 2.05) is 43.7 Å². The summed E-state index contributed by atoms with van der Waals surface area (Å²) in [4.78, 5) is 17.0. The first kappa shape index (κ1) is 27.2. The fraction of sp³-hybridized carbons (Fsp3) is 0.281. The SMILES string of the molecule is CNc1ccc(N2CCN(c3cc(F)cc(-c4c(C(=O)O)c(C)n(C(C)C)c4-c4ccc(F)cc4)c3)CC2)cc1. The molecule has 3 aromatic carbocycles. The van der Waals surface area contributed by atoms with Crippen molar-refractivity contribution in [3.05, 3.63) is 89.6 Å². The van der Waals surface area contributed by atoms with Gasteiger partial charge in [0.1, 0.15) is 11.6 Å². The molecule has 4 aromatic rings. The molecule has 0 bridgehead atoms. The normalized spacial score (nSPS) is 13.7. The van der Waals surface area contributed by atoms with E-state index < -0.39 is 11.8 Å². The van der Waals surface area contributed by atoms with E-state index in [-0.39, 0.29) is 17.4 Å². The van der Waals surface area contributed by atoms with E-state index in [0.717, 1.165) is 24.5 Å². The first-order chi connectivity index (χ1) is 19.2. The zero-order valence-corrected chi connectivity index (χ0v) is 23.2. The molecule has 8 heteroatoms. The topological polar surface area (TPSA) is 60.7 Å². The molecule has 1 aliphatic rings. The number of hydrogen-bond donors (Lipinski definition) is 2. The Bertz CT molecular complexity index is 1520. The van der Waals surface area contributed by atoms with Crippen LogP contribution in [0, 0.1) is 18.6 Å². The molecule has 208 valence electrons. The monoisotopic (exact) mass is 544 g/mol. The number of hydrogen-bond acceptors (Lipinski definition) is 4. The van der Waals surface area contributed by atoms with Gasteiger partial charge < -0.3 is 24.8 Å². The summed E-state index contributed by atoms with van der Waals surface area (Å²) in [5.74, 6) is -1.90. The number of halogens is 2. The molecule has 2 heterocycles. The molecular weight excluding hydrogens is 510 g/mol. The maximum atomic E-state index is 15.2. The minimum Gasteiger partial charge on any atom is -0.478 e. The van der Waals surface area contributed by atoms with Crippen LogP contribution in [-0.4, -0.2) is 48.9 Å². The number of anilines is 3. The molecule has 0 saturated carbocycles. The third-order valence-corrected chi connectivity index (χ3v) is 7.64. The van der Waals surface area contributed by atoms with E-state index >= 15 is 4.39 Å². The summed E-state index contributed by atoms with van der Waals surface area (Å²) in [5.41, 5.74) is 5.82. The van der Waals surface area contributed by atoms with Gasteiger partial charge in [-0.05, 0) is 98.6 Å². The molecule has 0 amide bonds. The van der Waals surface area contributed by atoms with E-state index in [9.17, 15) is 14.3 Å². The second-order valence-electron chi connectivity index (χ2n) is 10.4. The van der Waals surface area contributed by atoms with Gasteiger partial charge in [-0.3, -0.25) is 0 Å². The van der Waals surface area contributed by atoms with Crippen molar-refractivity contribution >= 4 is 23.0 Å². The van der Waals surface area contributed by atoms with Crippen molar-refractivity contribution in [1.29, 1.82) is 0 Å². The molecule has 6 nitrogen and oxygen atoms in total. The summed E-state index contributed by atoms with van der Waals surface area (Å²) in [6.45, 7) is 8.64. The number of aromatic carboxylic acids is 1. The number of carboxylic acids is 1. The zero-order valence-electron chi connectivity index (χ0n) is 23.2. The Morgan fingerprint density at radius 1 is 0.825 bits per heavy atom. The highest BCUT2D eigenvalue weighted by Crippen LogP contribution is 2.42. The van der Waals surface area contributed by atoms with Gasteiger partial charge in [0, 0.05) is 67.6 Å². The lowest BCUT2D eigenvalue weighted by atomic mass is 9.96. The number of nitrogens with zero attached hydrogens (tertiary/aromatic N) is 3. The predicted octanol–water partition coefficient (Wildman–Crippen LogP) is 7.06. The molecule has 5 rings (SSSR count). The van der Waals surface area contributed by atoms with E-state index in [1.165, 1.54) is 24.3 Å². The number of carboxylic acid groups (broad SMARTS) is 1. The van der Waals surface area contributed by atoms with Crippen LogP contribution in [-0.2, 0) is 0 Å². The van der Waals surface area contributed by atoms with Crippen molar-refractivity contribution in [3.63, 3.8) is 0 Å². The summed E-state index contributed by atoms with van der Waals surface area (Å²) in [6.07, 6.45) is 0. The van der Waals surface area contributed by atoms with Crippen molar-refractivity contribution in [1.82, 2.24) is 4.57 Å². The van der Waals surface area contributed by atoms with Crippen LogP contribution in [0.3, 0.4) is 0 Å². The van der Waals surface area contributed by atoms with Gasteiger partial charge in [-0.2, -0.15) is 0 Å². The number of carbonyl (C=O) groups is 1. The zero-order chi connectivity index (χ0) is 28.6. The van der Waals surface area contributed by atoms with Crippen molar-refractivity contribution in [2.45, 2.75) is 26.8 Å². The van der Waals surface area contributed by atoms with E-state index in [0.29, 0.717) is 46.9 Å². The highest BCUT2D eigenvalue weighted by atomic mass is 19.1. The third-order valence-electron chi connectivity index (χ3n) is 7.64. The second kappa shape index (κ2) is 11.0. The van der Waals surface area contributed by atoms with Gasteiger partial charge in [-0.15, -0.1) is 0 Å². The molecule has 1 aromatic heterocycles. The fourth-order valence-corrected chi connectivity index (χ4v) is 5.75. The summed E-state index contributed by atoms with van der Waals surface area (Å²) in [5, 5.41) is 13.4. The van der Waals surface area contributed by atoms with Gasteiger partial charge in [0.2, 0.25) is 0 Å². The first-order valence-electron chi connectivity index (χ1n) is 13.5. The van der Waals surface area contributed by atoms with Gasteiger partial charge in [-0.1, -0.05) is 0 Å². The largest absolute Gasteiger partial charge is 0.478 e. The molecule has 1 saturated heterocycles. The smallest absolute Gasteiger partial charge is 0.338 e. The summed E-state index contributed by atoms with van der Waals surface area (Å²) in [6, 6.07) is 19.0. The first-order valence-corrected chi connectivity index (χ1v) is 13.5. The maximum Gasteiger partial charge on any atom is 0.338 e. The highest BCUT2D eigenvalue weighted by molar-refractivity contribution is 6.03. The van der Waals surface area contributed by atoms with Crippen LogP contribution in [0.4, 0.5) is 25.8 Å². The molecule has 0 aliphatic carbocycles. The van der Waals surface area contributed by atoms with Gasteiger partial charge in [-0.25, -0.2) is 13.6 Å². The Balaban J connectivity index is 1.55. The fourth-order valence-electron chi connectivity index (χ4n) is 5.75. The van der Waals surface area contributed by atoms with Crippen LogP contribution in [0.25, 0.3) is 22.4 Å². The van der Waals surface area contributed by atoms with Crippen LogP contribution in [0.1, 0.15) is 35.9 Å². The summed E-state index contributed by atoms with van der Waals surface area (Å²) in [7, 11) is 1.89. The molecule has 2 N–H and O–H groups in total. The van der Waals surface area contributed by atoms with Crippen molar-refractivity contribution in [2.24, 2.45) is 0 Å². The number of rotatable bonds is 7. The van der Waals surface area contributed by atoms with Crippen molar-refractivity contribution in [2.75, 3.05) is 48.3 Å². The molecule has 40 heavy (non-hydrogen) atoms. The lowest BCUT2D eigenvalue weighted by Crippen LogP contribution is -2.46. The van der Waals surface area contributed by atoms with Crippen LogP contribution >= 0.6 is 0 Å². The Hall–Kier alpha value is -4.33. The molecule has 0 unspecified atom stereocenters. The molecule has 0 radical (unpaired) electrons. The van der Waals surface area contributed by atoms with Crippen molar-refractivity contribution < 1.29 is 18.7 Å².